The second-order valence-electron chi connectivity index (χ2n) is 3.74. The van der Waals surface area contributed by atoms with E-state index in [1.165, 1.54) is 0 Å². The second-order valence-corrected chi connectivity index (χ2v) is 3.74. The number of cyclic esters (lactones) is 2. The lowest BCUT2D eigenvalue weighted by Gasteiger charge is -2.12. The van der Waals surface area contributed by atoms with E-state index in [0.29, 0.717) is 0 Å². The van der Waals surface area contributed by atoms with Crippen molar-refractivity contribution in [2.75, 3.05) is 0 Å². The van der Waals surface area contributed by atoms with Crippen LogP contribution in [0.4, 0.5) is 0 Å². The van der Waals surface area contributed by atoms with E-state index < -0.39 is 0 Å². The lowest BCUT2D eigenvalue weighted by molar-refractivity contribution is -0.154. The minimum Gasteiger partial charge on any atom is -0.393 e. The van der Waals surface area contributed by atoms with Crippen LogP contribution in [-0.2, 0) is 14.3 Å². The van der Waals surface area contributed by atoms with Crippen LogP contribution >= 0.6 is 0 Å². The Labute approximate surface area is 69.4 Å². The Morgan fingerprint density at radius 3 is 2.08 bits per heavy atom. The number of hydrogen-bond donors (Lipinski definition) is 0. The zero-order valence-corrected chi connectivity index (χ0v) is 6.40. The molecule has 4 atom stereocenters. The fourth-order valence-corrected chi connectivity index (χ4v) is 2.70. The van der Waals surface area contributed by atoms with Gasteiger partial charge in [-0.3, -0.25) is 9.59 Å². The van der Waals surface area contributed by atoms with Crippen molar-refractivity contribution in [2.45, 2.75) is 6.42 Å². The summed E-state index contributed by atoms with van der Waals surface area (Å²) < 4.78 is 4.59. The van der Waals surface area contributed by atoms with Crippen LogP contribution in [0.5, 0.6) is 0 Å². The van der Waals surface area contributed by atoms with E-state index in [1.807, 2.05) is 12.2 Å². The molecule has 0 N–H and O–H groups in total. The van der Waals surface area contributed by atoms with E-state index in [2.05, 4.69) is 4.74 Å². The van der Waals surface area contributed by atoms with Gasteiger partial charge in [-0.15, -0.1) is 0 Å². The van der Waals surface area contributed by atoms with E-state index in [1.54, 1.807) is 0 Å². The molecule has 12 heavy (non-hydrogen) atoms. The van der Waals surface area contributed by atoms with Gasteiger partial charge in [-0.05, 0) is 18.3 Å². The summed E-state index contributed by atoms with van der Waals surface area (Å²) in [6, 6.07) is 0. The van der Waals surface area contributed by atoms with Crippen molar-refractivity contribution in [3.8, 4) is 0 Å². The summed E-state index contributed by atoms with van der Waals surface area (Å²) in [4.78, 5) is 22.4. The van der Waals surface area contributed by atoms with E-state index in [-0.39, 0.29) is 35.6 Å². The van der Waals surface area contributed by atoms with E-state index >= 15 is 0 Å². The number of esters is 2. The molecule has 2 bridgehead atoms. The van der Waals surface area contributed by atoms with Crippen molar-refractivity contribution >= 4 is 11.9 Å². The number of carbonyl (C=O) groups is 2. The maximum Gasteiger partial charge on any atom is 0.318 e. The van der Waals surface area contributed by atoms with Gasteiger partial charge in [-0.1, -0.05) is 12.2 Å². The molecule has 1 saturated carbocycles. The quantitative estimate of drug-likeness (QED) is 0.297. The van der Waals surface area contributed by atoms with Crippen molar-refractivity contribution < 1.29 is 14.3 Å². The lowest BCUT2D eigenvalue weighted by Crippen LogP contribution is -2.21. The first-order valence-electron chi connectivity index (χ1n) is 4.21. The number of ether oxygens (including phenoxy) is 1. The SMILES string of the molecule is O=C1OC(=O)[C@H]2C3C=C[C@@H](C3)[C@@H]12. The second kappa shape index (κ2) is 1.79. The van der Waals surface area contributed by atoms with Crippen LogP contribution in [0.15, 0.2) is 12.2 Å². The number of rotatable bonds is 0. The summed E-state index contributed by atoms with van der Waals surface area (Å²) in [5.41, 5.74) is 0. The molecular weight excluding hydrogens is 156 g/mol. The molecule has 3 nitrogen and oxygen atoms in total. The third-order valence-corrected chi connectivity index (χ3v) is 3.20. The average Bonchev–Trinajstić information content (AvgIpc) is 2.64. The molecule has 62 valence electrons. The lowest BCUT2D eigenvalue weighted by atomic mass is 9.85. The van der Waals surface area contributed by atoms with Crippen LogP contribution in [0.2, 0.25) is 0 Å². The fraction of sp³-hybridized carbons (Fsp3) is 0.556. The first kappa shape index (κ1) is 6.40. The third kappa shape index (κ3) is 0.543. The highest BCUT2D eigenvalue weighted by Gasteiger charge is 2.57. The van der Waals surface area contributed by atoms with Gasteiger partial charge in [0.25, 0.3) is 0 Å². The van der Waals surface area contributed by atoms with Crippen molar-refractivity contribution in [3.63, 3.8) is 0 Å². The molecule has 0 amide bonds. The fourth-order valence-electron chi connectivity index (χ4n) is 2.70. The van der Waals surface area contributed by atoms with Gasteiger partial charge in [0, 0.05) is 0 Å². The summed E-state index contributed by atoms with van der Waals surface area (Å²) in [7, 11) is 0. The molecule has 0 radical (unpaired) electrons. The Kier molecular flexibility index (Phi) is 0.953. The van der Waals surface area contributed by atoms with Gasteiger partial charge in [0.05, 0.1) is 11.8 Å². The van der Waals surface area contributed by atoms with Gasteiger partial charge in [-0.2, -0.15) is 0 Å². The monoisotopic (exact) mass is 164 g/mol. The van der Waals surface area contributed by atoms with Crippen molar-refractivity contribution in [1.82, 2.24) is 0 Å². The Morgan fingerprint density at radius 2 is 1.58 bits per heavy atom. The summed E-state index contributed by atoms with van der Waals surface area (Å²) >= 11 is 0. The van der Waals surface area contributed by atoms with Crippen molar-refractivity contribution in [2.24, 2.45) is 23.7 Å². The molecule has 2 aliphatic carbocycles. The van der Waals surface area contributed by atoms with Crippen molar-refractivity contribution in [1.29, 1.82) is 0 Å². The molecule has 1 aliphatic heterocycles. The molecule has 0 aromatic carbocycles. The van der Waals surface area contributed by atoms with E-state index in [0.717, 1.165) is 6.42 Å². The van der Waals surface area contributed by atoms with Crippen LogP contribution in [0.25, 0.3) is 0 Å². The van der Waals surface area contributed by atoms with Gasteiger partial charge >= 0.3 is 11.9 Å². The molecule has 1 unspecified atom stereocenters. The maximum absolute atomic E-state index is 11.2. The van der Waals surface area contributed by atoms with E-state index in [4.69, 9.17) is 0 Å². The van der Waals surface area contributed by atoms with Gasteiger partial charge in [0.15, 0.2) is 0 Å². The van der Waals surface area contributed by atoms with Crippen LogP contribution in [0, 0.1) is 23.7 Å². The zero-order valence-electron chi connectivity index (χ0n) is 6.40. The average molecular weight is 164 g/mol. The molecule has 0 aromatic rings. The third-order valence-electron chi connectivity index (χ3n) is 3.20. The summed E-state index contributed by atoms with van der Waals surface area (Å²) in [5, 5.41) is 0. The summed E-state index contributed by atoms with van der Waals surface area (Å²) in [6.07, 6.45) is 5.06. The molecule has 3 rings (SSSR count). The minimum absolute atomic E-state index is 0.146. The largest absolute Gasteiger partial charge is 0.393 e. The number of carbonyl (C=O) groups excluding carboxylic acids is 2. The van der Waals surface area contributed by atoms with Gasteiger partial charge in [0.1, 0.15) is 0 Å². The van der Waals surface area contributed by atoms with Gasteiger partial charge < -0.3 is 4.74 Å². The molecule has 2 fully saturated rings. The first-order valence-corrected chi connectivity index (χ1v) is 4.21. The summed E-state index contributed by atoms with van der Waals surface area (Å²) in [6.45, 7) is 0. The highest BCUT2D eigenvalue weighted by molar-refractivity contribution is 5.98. The Morgan fingerprint density at radius 1 is 1.08 bits per heavy atom. The normalized spacial score (nSPS) is 48.3. The van der Waals surface area contributed by atoms with Gasteiger partial charge in [-0.25, -0.2) is 0 Å². The molecule has 3 heteroatoms. The predicted molar refractivity (Wildman–Crippen MR) is 38.8 cm³/mol. The minimum atomic E-state index is -0.304. The number of allylic oxidation sites excluding steroid dienone is 2. The maximum atomic E-state index is 11.2. The molecule has 0 spiro atoms. The first-order chi connectivity index (χ1) is 5.77. The standard InChI is InChI=1S/C9H8O3/c10-8-6-4-1-2-5(3-4)7(6)9(11)12-8/h1-2,4-7H,3H2/t4-,5?,6+,7-/m0/s1. The van der Waals surface area contributed by atoms with Crippen molar-refractivity contribution in [3.05, 3.63) is 12.2 Å². The van der Waals surface area contributed by atoms with Crippen LogP contribution in [0.1, 0.15) is 6.42 Å². The zero-order chi connectivity index (χ0) is 8.29. The molecule has 1 heterocycles. The summed E-state index contributed by atoms with van der Waals surface area (Å²) in [5.74, 6) is -0.346. The smallest absolute Gasteiger partial charge is 0.318 e. The highest BCUT2D eigenvalue weighted by atomic mass is 16.6. The Bertz CT molecular complexity index is 277. The predicted octanol–water partition coefficient (Wildman–Crippen LogP) is 0.508. The van der Waals surface area contributed by atoms with Crippen LogP contribution in [-0.4, -0.2) is 11.9 Å². The topological polar surface area (TPSA) is 43.4 Å². The Hall–Kier alpha value is -1.12. The molecule has 0 aromatic heterocycles. The van der Waals surface area contributed by atoms with E-state index in [9.17, 15) is 9.59 Å². The number of fused-ring (bicyclic) bond motifs is 5. The number of hydrogen-bond acceptors (Lipinski definition) is 3. The van der Waals surface area contributed by atoms with Crippen LogP contribution < -0.4 is 0 Å². The van der Waals surface area contributed by atoms with Crippen LogP contribution in [0.3, 0.4) is 0 Å². The molecular formula is C9H8O3. The van der Waals surface area contributed by atoms with Gasteiger partial charge in [0.2, 0.25) is 0 Å². The molecule has 3 aliphatic rings. The highest BCUT2D eigenvalue weighted by Crippen LogP contribution is 2.51. The molecule has 1 saturated heterocycles. The Balaban J connectivity index is 2.08.